The Morgan fingerprint density at radius 2 is 2.30 bits per heavy atom. The fourth-order valence-corrected chi connectivity index (χ4v) is 1.37. The highest BCUT2D eigenvalue weighted by Crippen LogP contribution is 2.21. The van der Waals surface area contributed by atoms with Crippen LogP contribution in [0.3, 0.4) is 0 Å². The molecular weight excluding hydrogens is 122 g/mol. The van der Waals surface area contributed by atoms with Crippen molar-refractivity contribution in [2.45, 2.75) is 12.8 Å². The summed E-state index contributed by atoms with van der Waals surface area (Å²) in [5.74, 6) is 0. The lowest BCUT2D eigenvalue weighted by molar-refractivity contribution is 0.811. The molecule has 2 rings (SSSR count). The summed E-state index contributed by atoms with van der Waals surface area (Å²) >= 11 is 0. The van der Waals surface area contributed by atoms with E-state index in [9.17, 15) is 0 Å². The maximum atomic E-state index is 4.19. The number of hydrogen-bond donors (Lipinski definition) is 0. The molecule has 0 amide bonds. The lowest BCUT2D eigenvalue weighted by Crippen LogP contribution is -2.10. The minimum absolute atomic E-state index is 0.927. The molecule has 0 aromatic rings. The van der Waals surface area contributed by atoms with E-state index in [1.54, 1.807) is 0 Å². The van der Waals surface area contributed by atoms with Gasteiger partial charge in [-0.05, 0) is 30.1 Å². The van der Waals surface area contributed by atoms with Crippen molar-refractivity contribution < 1.29 is 0 Å². The van der Waals surface area contributed by atoms with Gasteiger partial charge in [0.2, 0.25) is 0 Å². The molecule has 0 saturated carbocycles. The van der Waals surface area contributed by atoms with Crippen LogP contribution in [0.5, 0.6) is 0 Å². The highest BCUT2D eigenvalue weighted by molar-refractivity contribution is 5.40. The minimum atomic E-state index is 0.927. The van der Waals surface area contributed by atoms with Gasteiger partial charge in [-0.25, -0.2) is 0 Å². The van der Waals surface area contributed by atoms with E-state index in [1.807, 2.05) is 6.20 Å². The molecule has 2 aliphatic rings. The van der Waals surface area contributed by atoms with Gasteiger partial charge in [0.25, 0.3) is 0 Å². The predicted molar refractivity (Wildman–Crippen MR) is 41.5 cm³/mol. The topological polar surface area (TPSA) is 14.1 Å². The molecule has 0 fully saturated rings. The van der Waals surface area contributed by atoms with Gasteiger partial charge in [0, 0.05) is 6.20 Å². The minimum Gasteiger partial charge on any atom is -0.289 e. The Morgan fingerprint density at radius 3 is 3.20 bits per heavy atom. The number of allylic oxidation sites excluding steroid dienone is 4. The molecule has 1 aliphatic heterocycles. The van der Waals surface area contributed by atoms with E-state index < -0.39 is 0 Å². The predicted octanol–water partition coefficient (Wildman–Crippen LogP) is 1.76. The summed E-state index contributed by atoms with van der Waals surface area (Å²) < 4.78 is 0. The third-order valence-corrected chi connectivity index (χ3v) is 1.96. The van der Waals surface area contributed by atoms with Crippen LogP contribution in [0.15, 0.2) is 35.6 Å². The lowest BCUT2D eigenvalue weighted by atomic mass is 9.96. The van der Waals surface area contributed by atoms with Crippen molar-refractivity contribution in [3.05, 3.63) is 35.6 Å². The Labute approximate surface area is 61.1 Å². The lowest BCUT2D eigenvalue weighted by Gasteiger charge is -2.15. The quantitative estimate of drug-likeness (QED) is 0.477. The maximum Gasteiger partial charge on any atom is 0.0608 e. The third kappa shape index (κ3) is 0.878. The Kier molecular flexibility index (Phi) is 1.35. The summed E-state index contributed by atoms with van der Waals surface area (Å²) in [5, 5.41) is 4.19. The standard InChI is InChI=1S/C9H10N/c1-2-4-9-7-10-6-5-8(9)3-1/h1,3,5-6H,2,4,7H2. The molecule has 0 atom stereocenters. The van der Waals surface area contributed by atoms with Crippen LogP contribution in [0.25, 0.3) is 0 Å². The molecule has 0 aromatic heterocycles. The first kappa shape index (κ1) is 5.78. The average molecular weight is 132 g/mol. The largest absolute Gasteiger partial charge is 0.289 e. The van der Waals surface area contributed by atoms with Crippen molar-refractivity contribution in [1.82, 2.24) is 5.32 Å². The molecule has 51 valence electrons. The van der Waals surface area contributed by atoms with Crippen LogP contribution < -0.4 is 5.32 Å². The second kappa shape index (κ2) is 2.33. The van der Waals surface area contributed by atoms with Crippen molar-refractivity contribution in [1.29, 1.82) is 0 Å². The molecule has 1 nitrogen and oxygen atoms in total. The van der Waals surface area contributed by atoms with Gasteiger partial charge in [-0.2, -0.15) is 0 Å². The molecule has 0 spiro atoms. The molecule has 1 heterocycles. The van der Waals surface area contributed by atoms with Gasteiger partial charge in [-0.15, -0.1) is 0 Å². The summed E-state index contributed by atoms with van der Waals surface area (Å²) in [5.41, 5.74) is 2.89. The molecule has 0 saturated heterocycles. The van der Waals surface area contributed by atoms with Gasteiger partial charge in [-0.3, -0.25) is 5.32 Å². The molecule has 0 bridgehead atoms. The Bertz CT molecular complexity index is 199. The maximum absolute atomic E-state index is 4.19. The van der Waals surface area contributed by atoms with E-state index in [4.69, 9.17) is 0 Å². The van der Waals surface area contributed by atoms with Crippen LogP contribution in [0.1, 0.15) is 12.8 Å². The Morgan fingerprint density at radius 1 is 1.30 bits per heavy atom. The molecule has 1 heteroatoms. The monoisotopic (exact) mass is 132 g/mol. The first-order valence-corrected chi connectivity index (χ1v) is 3.68. The summed E-state index contributed by atoms with van der Waals surface area (Å²) in [7, 11) is 0. The van der Waals surface area contributed by atoms with Gasteiger partial charge >= 0.3 is 0 Å². The van der Waals surface area contributed by atoms with Crippen LogP contribution in [0.2, 0.25) is 0 Å². The van der Waals surface area contributed by atoms with Crippen LogP contribution in [0.4, 0.5) is 0 Å². The zero-order valence-electron chi connectivity index (χ0n) is 5.88. The molecular formula is C9H10N. The summed E-state index contributed by atoms with van der Waals surface area (Å²) in [6.07, 6.45) is 10.8. The molecule has 0 N–H and O–H groups in total. The number of rotatable bonds is 0. The fraction of sp³-hybridized carbons (Fsp3) is 0.333. The summed E-state index contributed by atoms with van der Waals surface area (Å²) in [6, 6.07) is 0. The smallest absolute Gasteiger partial charge is 0.0608 e. The zero-order valence-corrected chi connectivity index (χ0v) is 5.88. The number of hydrogen-bond acceptors (Lipinski definition) is 0. The molecule has 10 heavy (non-hydrogen) atoms. The zero-order chi connectivity index (χ0) is 6.81. The summed E-state index contributed by atoms with van der Waals surface area (Å²) in [4.78, 5) is 0. The van der Waals surface area contributed by atoms with Gasteiger partial charge < -0.3 is 0 Å². The van der Waals surface area contributed by atoms with Gasteiger partial charge in [0.1, 0.15) is 0 Å². The van der Waals surface area contributed by atoms with Crippen molar-refractivity contribution in [3.63, 3.8) is 0 Å². The Balaban J connectivity index is 2.32. The van der Waals surface area contributed by atoms with Crippen LogP contribution >= 0.6 is 0 Å². The molecule has 0 aromatic carbocycles. The normalized spacial score (nSPS) is 22.4. The van der Waals surface area contributed by atoms with E-state index in [-0.39, 0.29) is 0 Å². The first-order chi connectivity index (χ1) is 4.97. The SMILES string of the molecule is C1=CC2=C(CC1)C[N]C=C2. The van der Waals surface area contributed by atoms with E-state index in [0.717, 1.165) is 6.54 Å². The van der Waals surface area contributed by atoms with Crippen molar-refractivity contribution in [3.8, 4) is 0 Å². The van der Waals surface area contributed by atoms with Crippen LogP contribution in [0, 0.1) is 0 Å². The fourth-order valence-electron chi connectivity index (χ4n) is 1.37. The molecule has 0 unspecified atom stereocenters. The van der Waals surface area contributed by atoms with E-state index in [1.165, 1.54) is 24.0 Å². The second-order valence-corrected chi connectivity index (χ2v) is 2.66. The van der Waals surface area contributed by atoms with Crippen LogP contribution in [-0.2, 0) is 0 Å². The van der Waals surface area contributed by atoms with Crippen molar-refractivity contribution in [2.24, 2.45) is 0 Å². The second-order valence-electron chi connectivity index (χ2n) is 2.66. The number of nitrogens with zero attached hydrogens (tertiary/aromatic N) is 1. The molecule has 1 radical (unpaired) electrons. The van der Waals surface area contributed by atoms with E-state index >= 15 is 0 Å². The van der Waals surface area contributed by atoms with Crippen molar-refractivity contribution in [2.75, 3.05) is 6.54 Å². The van der Waals surface area contributed by atoms with Crippen LogP contribution in [-0.4, -0.2) is 6.54 Å². The first-order valence-electron chi connectivity index (χ1n) is 3.68. The van der Waals surface area contributed by atoms with E-state index in [2.05, 4.69) is 23.5 Å². The average Bonchev–Trinajstić information content (AvgIpc) is 2.05. The van der Waals surface area contributed by atoms with Crippen molar-refractivity contribution >= 4 is 0 Å². The third-order valence-electron chi connectivity index (χ3n) is 1.96. The van der Waals surface area contributed by atoms with Gasteiger partial charge in [0.05, 0.1) is 6.54 Å². The van der Waals surface area contributed by atoms with E-state index in [0.29, 0.717) is 0 Å². The highest BCUT2D eigenvalue weighted by Gasteiger charge is 2.08. The van der Waals surface area contributed by atoms with Gasteiger partial charge in [-0.1, -0.05) is 12.2 Å². The highest BCUT2D eigenvalue weighted by atomic mass is 14.8. The van der Waals surface area contributed by atoms with Gasteiger partial charge in [0.15, 0.2) is 0 Å². The Hall–Kier alpha value is -0.980. The summed E-state index contributed by atoms with van der Waals surface area (Å²) in [6.45, 7) is 0.927. The molecule has 1 aliphatic carbocycles.